The first-order valence-electron chi connectivity index (χ1n) is 3.32. The predicted molar refractivity (Wildman–Crippen MR) is 44.1 cm³/mol. The van der Waals surface area contributed by atoms with Crippen molar-refractivity contribution in [3.05, 3.63) is 42.2 Å². The van der Waals surface area contributed by atoms with E-state index in [4.69, 9.17) is 0 Å². The zero-order chi connectivity index (χ0) is 8.10. The van der Waals surface area contributed by atoms with Crippen molar-refractivity contribution < 1.29 is 9.84 Å². The van der Waals surface area contributed by atoms with Crippen molar-refractivity contribution in [3.8, 4) is 0 Å². The lowest BCUT2D eigenvalue weighted by Gasteiger charge is -1.97. The van der Waals surface area contributed by atoms with Crippen LogP contribution in [0, 0.1) is 0 Å². The van der Waals surface area contributed by atoms with Gasteiger partial charge in [0.2, 0.25) is 0 Å². The van der Waals surface area contributed by atoms with Crippen LogP contribution < -0.4 is 0 Å². The molecule has 1 aromatic carbocycles. The first-order chi connectivity index (χ1) is 5.34. The van der Waals surface area contributed by atoms with Crippen LogP contribution in [0.25, 0.3) is 5.76 Å². The zero-order valence-electron chi connectivity index (χ0n) is 6.32. The second-order valence-corrected chi connectivity index (χ2v) is 2.10. The standard InChI is InChI=1S/C9H10O2/c1-11-7-9(10)8-5-3-2-4-6-8/h2-7,10H,1H3/b9-7+. The Morgan fingerprint density at radius 1 is 1.36 bits per heavy atom. The van der Waals surface area contributed by atoms with E-state index in [1.54, 1.807) is 0 Å². The molecule has 0 saturated heterocycles. The Bertz CT molecular complexity index is 239. The number of ether oxygens (including phenoxy) is 1. The van der Waals surface area contributed by atoms with Crippen LogP contribution >= 0.6 is 0 Å². The first-order valence-corrected chi connectivity index (χ1v) is 3.32. The third-order valence-electron chi connectivity index (χ3n) is 1.30. The summed E-state index contributed by atoms with van der Waals surface area (Å²) in [5.74, 6) is 0.146. The van der Waals surface area contributed by atoms with Crippen molar-refractivity contribution in [2.45, 2.75) is 0 Å². The second-order valence-electron chi connectivity index (χ2n) is 2.10. The molecule has 1 aromatic rings. The van der Waals surface area contributed by atoms with Crippen molar-refractivity contribution in [1.29, 1.82) is 0 Å². The van der Waals surface area contributed by atoms with Crippen molar-refractivity contribution in [2.24, 2.45) is 0 Å². The minimum absolute atomic E-state index is 0.146. The molecular weight excluding hydrogens is 140 g/mol. The molecule has 0 amide bonds. The monoisotopic (exact) mass is 150 g/mol. The highest BCUT2D eigenvalue weighted by molar-refractivity contribution is 5.56. The summed E-state index contributed by atoms with van der Waals surface area (Å²) >= 11 is 0. The topological polar surface area (TPSA) is 29.5 Å². The predicted octanol–water partition coefficient (Wildman–Crippen LogP) is 2.19. The van der Waals surface area contributed by atoms with E-state index in [1.165, 1.54) is 13.4 Å². The maximum absolute atomic E-state index is 9.26. The van der Waals surface area contributed by atoms with E-state index in [0.29, 0.717) is 0 Å². The first kappa shape index (κ1) is 7.66. The largest absolute Gasteiger partial charge is 0.504 e. The average Bonchev–Trinajstić information content (AvgIpc) is 2.07. The third-order valence-corrected chi connectivity index (χ3v) is 1.30. The number of benzene rings is 1. The van der Waals surface area contributed by atoms with Crippen LogP contribution in [0.2, 0.25) is 0 Å². The average molecular weight is 150 g/mol. The Kier molecular flexibility index (Phi) is 2.55. The molecule has 58 valence electrons. The van der Waals surface area contributed by atoms with E-state index in [-0.39, 0.29) is 5.76 Å². The van der Waals surface area contributed by atoms with E-state index in [0.717, 1.165) is 5.56 Å². The van der Waals surface area contributed by atoms with E-state index < -0.39 is 0 Å². The molecule has 0 atom stereocenters. The number of hydrogen-bond acceptors (Lipinski definition) is 2. The fraction of sp³-hybridized carbons (Fsp3) is 0.111. The van der Waals surface area contributed by atoms with Gasteiger partial charge in [0.05, 0.1) is 7.11 Å². The maximum atomic E-state index is 9.26. The van der Waals surface area contributed by atoms with Gasteiger partial charge in [0.1, 0.15) is 6.26 Å². The summed E-state index contributed by atoms with van der Waals surface area (Å²) in [5.41, 5.74) is 0.759. The number of methoxy groups -OCH3 is 1. The summed E-state index contributed by atoms with van der Waals surface area (Å²) in [6.07, 6.45) is 1.30. The Hall–Kier alpha value is -1.44. The van der Waals surface area contributed by atoms with Crippen LogP contribution in [0.1, 0.15) is 5.56 Å². The summed E-state index contributed by atoms with van der Waals surface area (Å²) in [6.45, 7) is 0. The fourth-order valence-electron chi connectivity index (χ4n) is 0.789. The molecule has 0 aliphatic carbocycles. The normalized spacial score (nSPS) is 11.2. The van der Waals surface area contributed by atoms with E-state index in [9.17, 15) is 5.11 Å². The molecule has 11 heavy (non-hydrogen) atoms. The summed E-state index contributed by atoms with van der Waals surface area (Å²) in [4.78, 5) is 0. The Labute approximate surface area is 65.7 Å². The van der Waals surface area contributed by atoms with Gasteiger partial charge in [-0.05, 0) is 0 Å². The molecule has 0 spiro atoms. The van der Waals surface area contributed by atoms with Crippen LogP contribution in [0.5, 0.6) is 0 Å². The fourth-order valence-corrected chi connectivity index (χ4v) is 0.789. The molecule has 0 aromatic heterocycles. The van der Waals surface area contributed by atoms with Crippen molar-refractivity contribution >= 4 is 5.76 Å². The molecule has 1 N–H and O–H groups in total. The third kappa shape index (κ3) is 2.00. The van der Waals surface area contributed by atoms with Gasteiger partial charge < -0.3 is 9.84 Å². The van der Waals surface area contributed by atoms with E-state index in [1.807, 2.05) is 30.3 Å². The molecule has 0 radical (unpaired) electrons. The van der Waals surface area contributed by atoms with Gasteiger partial charge in [0.25, 0.3) is 0 Å². The molecule has 2 nitrogen and oxygen atoms in total. The number of aliphatic hydroxyl groups is 1. The molecule has 0 aliphatic rings. The lowest BCUT2D eigenvalue weighted by molar-refractivity contribution is 0.326. The Morgan fingerprint density at radius 2 is 2.00 bits per heavy atom. The Balaban J connectivity index is 2.85. The van der Waals surface area contributed by atoms with Crippen LogP contribution in [0.3, 0.4) is 0 Å². The van der Waals surface area contributed by atoms with Crippen LogP contribution in [-0.4, -0.2) is 12.2 Å². The van der Waals surface area contributed by atoms with Gasteiger partial charge in [-0.3, -0.25) is 0 Å². The SMILES string of the molecule is CO/C=C(/O)c1ccccc1. The van der Waals surface area contributed by atoms with Gasteiger partial charge in [-0.1, -0.05) is 30.3 Å². The number of rotatable bonds is 2. The Morgan fingerprint density at radius 3 is 2.55 bits per heavy atom. The van der Waals surface area contributed by atoms with Crippen molar-refractivity contribution in [3.63, 3.8) is 0 Å². The van der Waals surface area contributed by atoms with Gasteiger partial charge in [-0.15, -0.1) is 0 Å². The highest BCUT2D eigenvalue weighted by Crippen LogP contribution is 2.09. The minimum Gasteiger partial charge on any atom is -0.504 e. The molecule has 2 heteroatoms. The summed E-state index contributed by atoms with van der Waals surface area (Å²) in [6, 6.07) is 9.23. The molecule has 1 rings (SSSR count). The number of hydrogen-bond donors (Lipinski definition) is 1. The molecule has 0 unspecified atom stereocenters. The van der Waals surface area contributed by atoms with Crippen LogP contribution in [-0.2, 0) is 4.74 Å². The molecular formula is C9H10O2. The number of aliphatic hydroxyl groups excluding tert-OH is 1. The van der Waals surface area contributed by atoms with Gasteiger partial charge in [0, 0.05) is 5.56 Å². The van der Waals surface area contributed by atoms with Gasteiger partial charge >= 0.3 is 0 Å². The quantitative estimate of drug-likeness (QED) is 0.655. The molecule has 0 fully saturated rings. The second kappa shape index (κ2) is 3.66. The van der Waals surface area contributed by atoms with Crippen molar-refractivity contribution in [2.75, 3.05) is 7.11 Å². The molecule has 0 saturated carbocycles. The lowest BCUT2D eigenvalue weighted by Crippen LogP contribution is -1.81. The van der Waals surface area contributed by atoms with Crippen LogP contribution in [0.4, 0.5) is 0 Å². The summed E-state index contributed by atoms with van der Waals surface area (Å²) in [5, 5.41) is 9.26. The molecule has 0 bridgehead atoms. The zero-order valence-corrected chi connectivity index (χ0v) is 6.32. The summed E-state index contributed by atoms with van der Waals surface area (Å²) < 4.78 is 4.65. The molecule has 0 aliphatic heterocycles. The molecule has 0 heterocycles. The van der Waals surface area contributed by atoms with E-state index in [2.05, 4.69) is 4.74 Å². The van der Waals surface area contributed by atoms with Crippen molar-refractivity contribution in [1.82, 2.24) is 0 Å². The maximum Gasteiger partial charge on any atom is 0.157 e. The highest BCUT2D eigenvalue weighted by Gasteiger charge is 1.94. The summed E-state index contributed by atoms with van der Waals surface area (Å²) in [7, 11) is 1.50. The highest BCUT2D eigenvalue weighted by atomic mass is 16.5. The van der Waals surface area contributed by atoms with Gasteiger partial charge in [0.15, 0.2) is 5.76 Å². The van der Waals surface area contributed by atoms with Gasteiger partial charge in [-0.25, -0.2) is 0 Å². The lowest BCUT2D eigenvalue weighted by atomic mass is 10.2. The smallest absolute Gasteiger partial charge is 0.157 e. The minimum atomic E-state index is 0.146. The van der Waals surface area contributed by atoms with Gasteiger partial charge in [-0.2, -0.15) is 0 Å². The van der Waals surface area contributed by atoms with E-state index >= 15 is 0 Å². The van der Waals surface area contributed by atoms with Crippen LogP contribution in [0.15, 0.2) is 36.6 Å².